The van der Waals surface area contributed by atoms with Gasteiger partial charge in [-0.3, -0.25) is 9.59 Å². The summed E-state index contributed by atoms with van der Waals surface area (Å²) in [6, 6.07) is 6.97. The highest BCUT2D eigenvalue weighted by molar-refractivity contribution is 7.89. The van der Waals surface area contributed by atoms with Crippen molar-refractivity contribution < 1.29 is 37.4 Å². The zero-order valence-corrected chi connectivity index (χ0v) is 24.5. The number of methoxy groups -OCH3 is 2. The number of nitrogens with zero attached hydrogens (tertiary/aromatic N) is 2. The van der Waals surface area contributed by atoms with Crippen molar-refractivity contribution in [1.29, 1.82) is 0 Å². The first-order valence-corrected chi connectivity index (χ1v) is 15.3. The summed E-state index contributed by atoms with van der Waals surface area (Å²) in [4.78, 5) is 41.3. The summed E-state index contributed by atoms with van der Waals surface area (Å²) in [5.74, 6) is -1.36. The summed E-state index contributed by atoms with van der Waals surface area (Å²) >= 11 is 0. The predicted molar refractivity (Wildman–Crippen MR) is 153 cm³/mol. The minimum atomic E-state index is -3.89. The second kappa shape index (κ2) is 13.8. The molecule has 0 radical (unpaired) electrons. The molecule has 0 saturated carbocycles. The number of fused-ring (bicyclic) bond motifs is 1. The van der Waals surface area contributed by atoms with Crippen LogP contribution in [0.5, 0.6) is 11.5 Å². The topological polar surface area (TPSA) is 176 Å². The van der Waals surface area contributed by atoms with Crippen LogP contribution in [-0.2, 0) is 37.2 Å². The van der Waals surface area contributed by atoms with Crippen LogP contribution >= 0.6 is 0 Å². The van der Waals surface area contributed by atoms with Crippen LogP contribution in [0.15, 0.2) is 35.2 Å². The van der Waals surface area contributed by atoms with Gasteiger partial charge in [-0.25, -0.2) is 18.2 Å². The molecule has 1 aromatic heterocycles. The minimum absolute atomic E-state index is 0.0129. The maximum atomic E-state index is 13.0. The number of carbonyl (C=O) groups excluding carboxylic acids is 2. The lowest BCUT2D eigenvalue weighted by molar-refractivity contribution is -0.143. The van der Waals surface area contributed by atoms with Crippen LogP contribution in [0.25, 0.3) is 0 Å². The Morgan fingerprint density at radius 3 is 2.60 bits per heavy atom. The van der Waals surface area contributed by atoms with E-state index in [2.05, 4.69) is 27.0 Å². The summed E-state index contributed by atoms with van der Waals surface area (Å²) in [6.45, 7) is 0.439. The van der Waals surface area contributed by atoms with Gasteiger partial charge in [0.15, 0.2) is 11.5 Å². The highest BCUT2D eigenvalue weighted by atomic mass is 32.2. The van der Waals surface area contributed by atoms with Crippen LogP contribution in [0.3, 0.4) is 0 Å². The van der Waals surface area contributed by atoms with E-state index in [1.807, 2.05) is 6.07 Å². The van der Waals surface area contributed by atoms with Crippen LogP contribution in [0.1, 0.15) is 36.9 Å². The zero-order valence-electron chi connectivity index (χ0n) is 23.7. The molecule has 14 heteroatoms. The molecule has 0 spiro atoms. The number of hydrogen-bond acceptors (Lipinski definition) is 9. The van der Waals surface area contributed by atoms with Crippen molar-refractivity contribution in [1.82, 2.24) is 19.9 Å². The third kappa shape index (κ3) is 7.48. The second-order valence-electron chi connectivity index (χ2n) is 10.3. The highest BCUT2D eigenvalue weighted by Gasteiger charge is 2.41. The van der Waals surface area contributed by atoms with E-state index in [0.29, 0.717) is 12.2 Å². The number of ether oxygens (including phenoxy) is 2. The van der Waals surface area contributed by atoms with E-state index in [4.69, 9.17) is 9.47 Å². The number of unbranched alkanes of at least 4 members (excludes halogenated alkanes) is 1. The molecular weight excluding hydrogens is 566 g/mol. The summed E-state index contributed by atoms with van der Waals surface area (Å²) in [5.41, 5.74) is 2.18. The molecule has 2 amide bonds. The van der Waals surface area contributed by atoms with E-state index in [1.165, 1.54) is 38.0 Å². The fraction of sp³-hybridized carbons (Fsp3) is 0.500. The molecule has 228 valence electrons. The van der Waals surface area contributed by atoms with E-state index in [-0.39, 0.29) is 42.6 Å². The van der Waals surface area contributed by atoms with Crippen molar-refractivity contribution in [2.75, 3.05) is 45.7 Å². The zero-order chi connectivity index (χ0) is 30.3. The number of carboxylic acids is 1. The van der Waals surface area contributed by atoms with Gasteiger partial charge >= 0.3 is 5.97 Å². The smallest absolute Gasteiger partial charge is 0.328 e. The number of anilines is 1. The number of aliphatic carboxylic acids is 1. The van der Waals surface area contributed by atoms with Crippen LogP contribution < -0.4 is 25.4 Å². The van der Waals surface area contributed by atoms with Crippen molar-refractivity contribution in [2.24, 2.45) is 5.92 Å². The van der Waals surface area contributed by atoms with Crippen LogP contribution in [-0.4, -0.2) is 87.0 Å². The summed E-state index contributed by atoms with van der Waals surface area (Å²) in [6.07, 6.45) is 4.43. The number of hydrogen-bond donors (Lipinski definition) is 4. The fourth-order valence-corrected chi connectivity index (χ4v) is 6.37. The van der Waals surface area contributed by atoms with Crippen molar-refractivity contribution in [3.05, 3.63) is 41.6 Å². The summed E-state index contributed by atoms with van der Waals surface area (Å²) in [7, 11) is -1.05. The number of pyridine rings is 1. The Bertz CT molecular complexity index is 1410. The van der Waals surface area contributed by atoms with E-state index in [0.717, 1.165) is 48.0 Å². The molecule has 42 heavy (non-hydrogen) atoms. The number of aromatic nitrogens is 1. The van der Waals surface area contributed by atoms with E-state index in [9.17, 15) is 27.9 Å². The van der Waals surface area contributed by atoms with Gasteiger partial charge in [0.05, 0.1) is 25.0 Å². The SMILES string of the molecule is COc1ccc(S(=O)(=O)N2CC(C(=O)N[C@@H](CNC(=O)CCCCc3ccc4c(n3)NCCC4)C(=O)O)C2)cc1OC. The van der Waals surface area contributed by atoms with Crippen LogP contribution in [0, 0.1) is 5.92 Å². The number of carbonyl (C=O) groups is 3. The molecule has 0 unspecified atom stereocenters. The first-order chi connectivity index (χ1) is 20.1. The van der Waals surface area contributed by atoms with Gasteiger partial charge in [0.25, 0.3) is 0 Å². The van der Waals surface area contributed by atoms with Crippen molar-refractivity contribution in [2.45, 2.75) is 49.5 Å². The third-order valence-electron chi connectivity index (χ3n) is 7.37. The first kappa shape index (κ1) is 31.0. The number of aryl methyl sites for hydroxylation is 2. The molecule has 0 aliphatic carbocycles. The van der Waals surface area contributed by atoms with Crippen LogP contribution in [0.4, 0.5) is 5.82 Å². The van der Waals surface area contributed by atoms with E-state index in [1.54, 1.807) is 0 Å². The summed E-state index contributed by atoms with van der Waals surface area (Å²) < 4.78 is 37.3. The lowest BCUT2D eigenvalue weighted by Gasteiger charge is -2.37. The summed E-state index contributed by atoms with van der Waals surface area (Å²) in [5, 5.41) is 17.8. The Hall–Kier alpha value is -3.91. The molecule has 2 aliphatic heterocycles. The Morgan fingerprint density at radius 2 is 1.88 bits per heavy atom. The Balaban J connectivity index is 1.18. The molecule has 1 saturated heterocycles. The molecule has 2 aliphatic rings. The highest BCUT2D eigenvalue weighted by Crippen LogP contribution is 2.32. The van der Waals surface area contributed by atoms with Crippen molar-refractivity contribution in [3.63, 3.8) is 0 Å². The molecule has 13 nitrogen and oxygen atoms in total. The quantitative estimate of drug-likeness (QED) is 0.229. The standard InChI is InChI=1S/C28H37N5O8S/c1-40-23-12-11-21(14-24(23)41-2)42(38,39)33-16-19(17-33)27(35)32-22(28(36)37)15-30-25(34)8-4-3-7-20-10-9-18-6-5-13-29-26(18)31-20/h9-12,14,19,22H,3-8,13,15-17H2,1-2H3,(H,29,31)(H,30,34)(H,32,35)(H,36,37)/t22-/m0/s1. The van der Waals surface area contributed by atoms with Crippen molar-refractivity contribution >= 4 is 33.6 Å². The molecule has 0 bridgehead atoms. The largest absolute Gasteiger partial charge is 0.493 e. The van der Waals surface area contributed by atoms with Crippen molar-refractivity contribution in [3.8, 4) is 11.5 Å². The number of carboxylic acid groups (broad SMARTS) is 1. The molecule has 2 aromatic rings. The van der Waals surface area contributed by atoms with Gasteiger partial charge in [-0.2, -0.15) is 4.31 Å². The van der Waals surface area contributed by atoms with Gasteiger partial charge in [-0.05, 0) is 55.9 Å². The number of rotatable bonds is 14. The number of benzene rings is 1. The molecule has 4 rings (SSSR count). The molecule has 1 aromatic carbocycles. The van der Waals surface area contributed by atoms with Gasteiger partial charge in [-0.15, -0.1) is 0 Å². The first-order valence-electron chi connectivity index (χ1n) is 13.9. The maximum Gasteiger partial charge on any atom is 0.328 e. The van der Waals surface area contributed by atoms with E-state index >= 15 is 0 Å². The van der Waals surface area contributed by atoms with E-state index < -0.39 is 33.9 Å². The van der Waals surface area contributed by atoms with Gasteiger partial charge < -0.3 is 30.5 Å². The number of nitrogens with one attached hydrogen (secondary N) is 3. The average Bonchev–Trinajstić information content (AvgIpc) is 2.95. The van der Waals surface area contributed by atoms with Crippen LogP contribution in [0.2, 0.25) is 0 Å². The maximum absolute atomic E-state index is 13.0. The van der Waals surface area contributed by atoms with Gasteiger partial charge in [0.2, 0.25) is 21.8 Å². The number of amides is 2. The molecular formula is C28H37N5O8S. The molecule has 3 heterocycles. The Kier molecular flexibility index (Phi) is 10.2. The molecule has 1 fully saturated rings. The third-order valence-corrected chi connectivity index (χ3v) is 9.20. The van der Waals surface area contributed by atoms with Gasteiger partial charge in [0, 0.05) is 44.4 Å². The minimum Gasteiger partial charge on any atom is -0.493 e. The predicted octanol–water partition coefficient (Wildman–Crippen LogP) is 1.18. The van der Waals surface area contributed by atoms with Gasteiger partial charge in [-0.1, -0.05) is 6.07 Å². The average molecular weight is 604 g/mol. The molecule has 4 N–H and O–H groups in total. The lowest BCUT2D eigenvalue weighted by Crippen LogP contribution is -2.58. The second-order valence-corrected chi connectivity index (χ2v) is 12.2. The molecule has 1 atom stereocenters. The fourth-order valence-electron chi connectivity index (χ4n) is 4.82. The van der Waals surface area contributed by atoms with Gasteiger partial charge in [0.1, 0.15) is 11.9 Å². The Morgan fingerprint density at radius 1 is 1.12 bits per heavy atom. The normalized spacial score (nSPS) is 15.9. The Labute approximate surface area is 245 Å². The monoisotopic (exact) mass is 603 g/mol. The lowest BCUT2D eigenvalue weighted by atomic mass is 10.0. The number of sulfonamides is 1.